The van der Waals surface area contributed by atoms with Crippen LogP contribution in [0.3, 0.4) is 0 Å². The lowest BCUT2D eigenvalue weighted by Crippen LogP contribution is -2.33. The molecule has 3 heterocycles. The van der Waals surface area contributed by atoms with Crippen molar-refractivity contribution in [1.29, 1.82) is 0 Å². The second-order valence-corrected chi connectivity index (χ2v) is 7.81. The van der Waals surface area contributed by atoms with Gasteiger partial charge in [0.2, 0.25) is 11.9 Å². The summed E-state index contributed by atoms with van der Waals surface area (Å²) in [6, 6.07) is 7.66. The molecule has 162 valence electrons. The van der Waals surface area contributed by atoms with E-state index < -0.39 is 0 Å². The third kappa shape index (κ3) is 4.21. The fraction of sp³-hybridized carbons (Fsp3) is 0.409. The number of carbonyl (C=O) groups is 1. The van der Waals surface area contributed by atoms with Gasteiger partial charge in [-0.25, -0.2) is 14.6 Å². The number of anilines is 1. The van der Waals surface area contributed by atoms with Crippen LogP contribution in [0.1, 0.15) is 36.0 Å². The smallest absolute Gasteiger partial charge is 0.229 e. The third-order valence-corrected chi connectivity index (χ3v) is 5.54. The first-order chi connectivity index (χ1) is 15.0. The van der Waals surface area contributed by atoms with Gasteiger partial charge < -0.3 is 14.5 Å². The van der Waals surface area contributed by atoms with E-state index in [1.807, 2.05) is 54.4 Å². The zero-order valence-corrected chi connectivity index (χ0v) is 18.2. The summed E-state index contributed by atoms with van der Waals surface area (Å²) in [5.74, 6) is 1.36. The largest absolute Gasteiger partial charge is 0.497 e. The van der Waals surface area contributed by atoms with Crippen molar-refractivity contribution in [2.45, 2.75) is 32.2 Å². The van der Waals surface area contributed by atoms with Crippen molar-refractivity contribution >= 4 is 11.9 Å². The number of carbonyl (C=O) groups excluding carboxylic acids is 1. The number of hydrogen-bond donors (Lipinski definition) is 0. The molecule has 9 heteroatoms. The van der Waals surface area contributed by atoms with E-state index in [-0.39, 0.29) is 18.4 Å². The Hall–Kier alpha value is -3.49. The molecule has 0 aliphatic carbocycles. The number of nitrogens with zero attached hydrogens (tertiary/aromatic N) is 6. The van der Waals surface area contributed by atoms with Gasteiger partial charge in [-0.3, -0.25) is 4.79 Å². The van der Waals surface area contributed by atoms with Crippen LogP contribution in [-0.2, 0) is 11.2 Å². The molecule has 1 aliphatic heterocycles. The molecule has 3 aromatic rings. The molecule has 2 aromatic heterocycles. The van der Waals surface area contributed by atoms with Crippen molar-refractivity contribution < 1.29 is 14.2 Å². The molecule has 31 heavy (non-hydrogen) atoms. The first-order valence-electron chi connectivity index (χ1n) is 10.2. The summed E-state index contributed by atoms with van der Waals surface area (Å²) in [4.78, 5) is 26.3. The van der Waals surface area contributed by atoms with Gasteiger partial charge in [0.05, 0.1) is 25.3 Å². The van der Waals surface area contributed by atoms with Crippen LogP contribution in [0.4, 0.5) is 5.95 Å². The van der Waals surface area contributed by atoms with Gasteiger partial charge >= 0.3 is 0 Å². The van der Waals surface area contributed by atoms with E-state index in [0.29, 0.717) is 23.9 Å². The van der Waals surface area contributed by atoms with Crippen LogP contribution in [0.15, 0.2) is 35.1 Å². The minimum Gasteiger partial charge on any atom is -0.497 e. The van der Waals surface area contributed by atoms with Gasteiger partial charge in [0.1, 0.15) is 17.1 Å². The number of methoxy groups -OCH3 is 1. The molecule has 1 atom stereocenters. The second kappa shape index (κ2) is 8.71. The van der Waals surface area contributed by atoms with Crippen LogP contribution in [0.2, 0.25) is 0 Å². The molecule has 1 saturated heterocycles. The van der Waals surface area contributed by atoms with Gasteiger partial charge in [-0.15, -0.1) is 0 Å². The molecule has 9 nitrogen and oxygen atoms in total. The summed E-state index contributed by atoms with van der Waals surface area (Å²) >= 11 is 0. The lowest BCUT2D eigenvalue weighted by atomic mass is 9.99. The van der Waals surface area contributed by atoms with Crippen molar-refractivity contribution in [3.8, 4) is 16.9 Å². The van der Waals surface area contributed by atoms with Crippen molar-refractivity contribution in [3.63, 3.8) is 0 Å². The highest BCUT2D eigenvalue weighted by molar-refractivity contribution is 5.80. The summed E-state index contributed by atoms with van der Waals surface area (Å²) in [7, 11) is 5.45. The van der Waals surface area contributed by atoms with Gasteiger partial charge in [-0.2, -0.15) is 0 Å². The Balaban J connectivity index is 1.72. The number of amides is 1. The molecule has 1 aliphatic rings. The van der Waals surface area contributed by atoms with Crippen molar-refractivity contribution in [3.05, 3.63) is 47.5 Å². The second-order valence-electron chi connectivity index (χ2n) is 7.81. The van der Waals surface area contributed by atoms with Crippen LogP contribution in [0.5, 0.6) is 5.75 Å². The van der Waals surface area contributed by atoms with Crippen molar-refractivity contribution in [2.24, 2.45) is 0 Å². The first kappa shape index (κ1) is 20.8. The fourth-order valence-electron chi connectivity index (χ4n) is 3.87. The Morgan fingerprint density at radius 1 is 1.32 bits per heavy atom. The van der Waals surface area contributed by atoms with Crippen LogP contribution < -0.4 is 9.64 Å². The highest BCUT2D eigenvalue weighted by Gasteiger charge is 2.34. The number of ether oxygens (including phenoxy) is 1. The van der Waals surface area contributed by atoms with Crippen molar-refractivity contribution in [2.75, 3.05) is 32.6 Å². The predicted molar refractivity (Wildman–Crippen MR) is 115 cm³/mol. The molecule has 1 aromatic carbocycles. The van der Waals surface area contributed by atoms with E-state index in [4.69, 9.17) is 14.3 Å². The standard InChI is InChI=1S/C22H26N6O3/c1-14-18(26-31-25-14)12-20(29)28-10-6-9-19(28)21-17(13-23-22(24-21)27(2)3)15-7-5-8-16(11-15)30-4/h5,7-8,11,13,19H,6,9-10,12H2,1-4H3. The van der Waals surface area contributed by atoms with Crippen LogP contribution in [0, 0.1) is 6.92 Å². The van der Waals surface area contributed by atoms with Crippen LogP contribution in [0.25, 0.3) is 11.1 Å². The third-order valence-electron chi connectivity index (χ3n) is 5.54. The Labute approximate surface area is 181 Å². The molecular weight excluding hydrogens is 396 g/mol. The quantitative estimate of drug-likeness (QED) is 0.598. The minimum atomic E-state index is -0.143. The Bertz CT molecular complexity index is 1080. The van der Waals surface area contributed by atoms with Crippen molar-refractivity contribution in [1.82, 2.24) is 25.2 Å². The Kier molecular flexibility index (Phi) is 5.83. The SMILES string of the molecule is COc1cccc(-c2cnc(N(C)C)nc2C2CCCN2C(=O)Cc2nonc2C)c1. The molecular formula is C22H26N6O3. The number of likely N-dealkylation sites (tertiary alicyclic amines) is 1. The summed E-state index contributed by atoms with van der Waals surface area (Å²) in [5.41, 5.74) is 3.90. The number of benzene rings is 1. The summed E-state index contributed by atoms with van der Waals surface area (Å²) in [6.07, 6.45) is 3.74. The molecule has 0 N–H and O–H groups in total. The number of aryl methyl sites for hydroxylation is 1. The molecule has 4 rings (SSSR count). The van der Waals surface area contributed by atoms with E-state index in [2.05, 4.69) is 15.3 Å². The maximum absolute atomic E-state index is 13.2. The van der Waals surface area contributed by atoms with Gasteiger partial charge in [0.15, 0.2) is 0 Å². The minimum absolute atomic E-state index is 0.0112. The van der Waals surface area contributed by atoms with Gasteiger partial charge in [-0.1, -0.05) is 22.4 Å². The van der Waals surface area contributed by atoms with E-state index in [0.717, 1.165) is 35.4 Å². The number of hydrogen-bond acceptors (Lipinski definition) is 8. The monoisotopic (exact) mass is 422 g/mol. The van der Waals surface area contributed by atoms with E-state index in [1.165, 1.54) is 0 Å². The predicted octanol–water partition coefficient (Wildman–Crippen LogP) is 2.82. The van der Waals surface area contributed by atoms with E-state index in [1.54, 1.807) is 14.0 Å². The highest BCUT2D eigenvalue weighted by atomic mass is 16.6. The normalized spacial score (nSPS) is 15.9. The van der Waals surface area contributed by atoms with Gasteiger partial charge in [0.25, 0.3) is 0 Å². The van der Waals surface area contributed by atoms with Crippen LogP contribution in [-0.4, -0.2) is 58.8 Å². The summed E-state index contributed by atoms with van der Waals surface area (Å²) in [5, 5.41) is 7.65. The zero-order chi connectivity index (χ0) is 22.0. The average Bonchev–Trinajstić information content (AvgIpc) is 3.42. The lowest BCUT2D eigenvalue weighted by Gasteiger charge is -2.26. The molecule has 1 amide bonds. The molecule has 0 radical (unpaired) electrons. The fourth-order valence-corrected chi connectivity index (χ4v) is 3.87. The molecule has 1 unspecified atom stereocenters. The van der Waals surface area contributed by atoms with E-state index in [9.17, 15) is 4.79 Å². The summed E-state index contributed by atoms with van der Waals surface area (Å²) in [6.45, 7) is 2.46. The average molecular weight is 422 g/mol. The maximum Gasteiger partial charge on any atom is 0.229 e. The lowest BCUT2D eigenvalue weighted by molar-refractivity contribution is -0.131. The first-order valence-corrected chi connectivity index (χ1v) is 10.2. The molecule has 0 bridgehead atoms. The molecule has 1 fully saturated rings. The van der Waals surface area contributed by atoms with Crippen LogP contribution >= 0.6 is 0 Å². The Morgan fingerprint density at radius 2 is 2.16 bits per heavy atom. The topological polar surface area (TPSA) is 97.5 Å². The van der Waals surface area contributed by atoms with E-state index >= 15 is 0 Å². The van der Waals surface area contributed by atoms with Gasteiger partial charge in [0, 0.05) is 32.4 Å². The highest BCUT2D eigenvalue weighted by Crippen LogP contribution is 2.38. The Morgan fingerprint density at radius 3 is 2.87 bits per heavy atom. The molecule has 0 saturated carbocycles. The summed E-state index contributed by atoms with van der Waals surface area (Å²) < 4.78 is 10.2. The number of aromatic nitrogens is 4. The van der Waals surface area contributed by atoms with Gasteiger partial charge in [-0.05, 0) is 37.5 Å². The zero-order valence-electron chi connectivity index (χ0n) is 18.2. The molecule has 0 spiro atoms. The number of rotatable bonds is 6. The maximum atomic E-state index is 13.2.